The monoisotopic (exact) mass is 398 g/mol. The van der Waals surface area contributed by atoms with E-state index >= 15 is 0 Å². The van der Waals surface area contributed by atoms with Gasteiger partial charge in [-0.05, 0) is 44.0 Å². The fourth-order valence-corrected chi connectivity index (χ4v) is 4.37. The Balaban J connectivity index is 2.10. The van der Waals surface area contributed by atoms with Crippen molar-refractivity contribution in [3.63, 3.8) is 0 Å². The maximum Gasteiger partial charge on any atom is 0.308 e. The zero-order valence-electron chi connectivity index (χ0n) is 15.5. The fraction of sp³-hybridized carbons (Fsp3) is 0.556. The van der Waals surface area contributed by atoms with E-state index in [1.54, 1.807) is 6.92 Å². The minimum atomic E-state index is -3.67. The summed E-state index contributed by atoms with van der Waals surface area (Å²) in [6.45, 7) is 2.15. The summed E-state index contributed by atoms with van der Waals surface area (Å²) in [6.07, 6.45) is 2.79. The lowest BCUT2D eigenvalue weighted by molar-refractivity contribution is -0.145. The predicted molar refractivity (Wildman–Crippen MR) is 99.0 cm³/mol. The summed E-state index contributed by atoms with van der Waals surface area (Å²) < 4.78 is 31.5. The van der Waals surface area contributed by atoms with Crippen molar-refractivity contribution in [2.24, 2.45) is 5.92 Å². The van der Waals surface area contributed by atoms with E-state index < -0.39 is 33.4 Å². The molecule has 1 aliphatic carbocycles. The number of rotatable bonds is 8. The van der Waals surface area contributed by atoms with Crippen LogP contribution in [0.25, 0.3) is 0 Å². The predicted octanol–water partition coefficient (Wildman–Crippen LogP) is 1.37. The third-order valence-electron chi connectivity index (χ3n) is 4.93. The quantitative estimate of drug-likeness (QED) is 0.569. The first-order valence-electron chi connectivity index (χ1n) is 8.83. The molecule has 0 radical (unpaired) electrons. The maximum absolute atomic E-state index is 12.6. The van der Waals surface area contributed by atoms with Gasteiger partial charge in [0.15, 0.2) is 0 Å². The minimum absolute atomic E-state index is 0.0439. The number of amides is 1. The number of carboxylic acid groups (broad SMARTS) is 1. The molecule has 1 aliphatic rings. The average molecular weight is 398 g/mol. The molecule has 27 heavy (non-hydrogen) atoms. The molecule has 0 aliphatic heterocycles. The normalized spacial score (nSPS) is 23.0. The van der Waals surface area contributed by atoms with Crippen LogP contribution >= 0.6 is 0 Å². The highest BCUT2D eigenvalue weighted by molar-refractivity contribution is 7.89. The summed E-state index contributed by atoms with van der Waals surface area (Å²) in [7, 11) is -2.20. The number of ether oxygens (including phenoxy) is 1. The zero-order chi connectivity index (χ0) is 20.1. The van der Waals surface area contributed by atoms with Crippen LogP contribution in [0.3, 0.4) is 0 Å². The van der Waals surface area contributed by atoms with Gasteiger partial charge in [0.25, 0.3) is 5.91 Å². The molecule has 0 spiro atoms. The molecule has 1 aromatic rings. The average Bonchev–Trinajstić information content (AvgIpc) is 2.61. The number of benzene rings is 1. The Bertz CT molecular complexity index is 778. The fourth-order valence-electron chi connectivity index (χ4n) is 3.36. The van der Waals surface area contributed by atoms with Gasteiger partial charge in [0.1, 0.15) is 0 Å². The lowest BCUT2D eigenvalue weighted by Gasteiger charge is -2.39. The van der Waals surface area contributed by atoms with Crippen molar-refractivity contribution in [1.29, 1.82) is 0 Å². The molecule has 0 saturated heterocycles. The number of hydrogen-bond acceptors (Lipinski definition) is 5. The van der Waals surface area contributed by atoms with Gasteiger partial charge in [-0.25, -0.2) is 13.1 Å². The Kier molecular flexibility index (Phi) is 6.96. The third-order valence-corrected chi connectivity index (χ3v) is 6.41. The summed E-state index contributed by atoms with van der Waals surface area (Å²) >= 11 is 0. The van der Waals surface area contributed by atoms with Gasteiger partial charge >= 0.3 is 5.97 Å². The summed E-state index contributed by atoms with van der Waals surface area (Å²) in [5.41, 5.74) is -0.546. The van der Waals surface area contributed by atoms with Crippen LogP contribution in [-0.2, 0) is 19.6 Å². The molecular weight excluding hydrogens is 372 g/mol. The van der Waals surface area contributed by atoms with E-state index in [-0.39, 0.29) is 23.6 Å². The van der Waals surface area contributed by atoms with Gasteiger partial charge in [0, 0.05) is 19.2 Å². The molecular formula is C18H26N2O6S. The Morgan fingerprint density at radius 1 is 1.26 bits per heavy atom. The van der Waals surface area contributed by atoms with Crippen LogP contribution in [0, 0.1) is 5.92 Å². The van der Waals surface area contributed by atoms with Crippen LogP contribution in [0.4, 0.5) is 0 Å². The third kappa shape index (κ3) is 5.27. The van der Waals surface area contributed by atoms with Crippen LogP contribution < -0.4 is 10.0 Å². The van der Waals surface area contributed by atoms with Crippen molar-refractivity contribution in [3.8, 4) is 0 Å². The molecule has 0 heterocycles. The SMILES string of the molecule is COCCNS(=O)(=O)c1ccc(C(=O)NC2(C)CCCCC2C(=O)O)cc1. The van der Waals surface area contributed by atoms with E-state index in [0.717, 1.165) is 12.8 Å². The molecule has 0 aromatic heterocycles. The first-order chi connectivity index (χ1) is 12.7. The molecule has 1 aromatic carbocycles. The number of methoxy groups -OCH3 is 1. The largest absolute Gasteiger partial charge is 0.481 e. The standard InChI is InChI=1S/C18H26N2O6S/c1-18(10-4-3-5-15(18)17(22)23)20-16(21)13-6-8-14(9-7-13)27(24,25)19-11-12-26-2/h6-9,15,19H,3-5,10-12H2,1-2H3,(H,20,21)(H,22,23). The van der Waals surface area contributed by atoms with Crippen molar-refractivity contribution >= 4 is 21.9 Å². The van der Waals surface area contributed by atoms with Crippen molar-refractivity contribution in [2.75, 3.05) is 20.3 Å². The Morgan fingerprint density at radius 2 is 1.93 bits per heavy atom. The molecule has 3 N–H and O–H groups in total. The molecule has 150 valence electrons. The van der Waals surface area contributed by atoms with Crippen LogP contribution in [0.5, 0.6) is 0 Å². The van der Waals surface area contributed by atoms with Crippen LogP contribution in [0.15, 0.2) is 29.2 Å². The Morgan fingerprint density at radius 3 is 2.52 bits per heavy atom. The lowest BCUT2D eigenvalue weighted by Crippen LogP contribution is -2.55. The van der Waals surface area contributed by atoms with Crippen LogP contribution in [0.2, 0.25) is 0 Å². The summed E-state index contributed by atoms with van der Waals surface area (Å²) in [6, 6.07) is 5.54. The number of sulfonamides is 1. The minimum Gasteiger partial charge on any atom is -0.481 e. The van der Waals surface area contributed by atoms with Gasteiger partial charge in [-0.15, -0.1) is 0 Å². The number of carbonyl (C=O) groups is 2. The molecule has 0 bridgehead atoms. The van der Waals surface area contributed by atoms with Crippen molar-refractivity contribution < 1.29 is 27.9 Å². The van der Waals surface area contributed by atoms with Crippen molar-refractivity contribution in [1.82, 2.24) is 10.0 Å². The Labute approximate surface area is 159 Å². The van der Waals surface area contributed by atoms with Gasteiger partial charge in [0.2, 0.25) is 10.0 Å². The first-order valence-corrected chi connectivity index (χ1v) is 10.3. The molecule has 1 saturated carbocycles. The number of hydrogen-bond donors (Lipinski definition) is 3. The smallest absolute Gasteiger partial charge is 0.308 e. The number of carbonyl (C=O) groups excluding carboxylic acids is 1. The van der Waals surface area contributed by atoms with Gasteiger partial charge in [-0.3, -0.25) is 9.59 Å². The van der Waals surface area contributed by atoms with E-state index in [4.69, 9.17) is 4.74 Å². The summed E-state index contributed by atoms with van der Waals surface area (Å²) in [5, 5.41) is 12.3. The maximum atomic E-state index is 12.6. The van der Waals surface area contributed by atoms with Crippen molar-refractivity contribution in [3.05, 3.63) is 29.8 Å². The molecule has 1 amide bonds. The van der Waals surface area contributed by atoms with Crippen LogP contribution in [0.1, 0.15) is 43.0 Å². The van der Waals surface area contributed by atoms with E-state index in [0.29, 0.717) is 12.8 Å². The summed E-state index contributed by atoms with van der Waals surface area (Å²) in [5.74, 6) is -1.97. The second-order valence-corrected chi connectivity index (χ2v) is 8.69. The molecule has 2 atom stereocenters. The highest BCUT2D eigenvalue weighted by Crippen LogP contribution is 2.34. The molecule has 1 fully saturated rings. The van der Waals surface area contributed by atoms with E-state index in [9.17, 15) is 23.1 Å². The van der Waals surface area contributed by atoms with Gasteiger partial charge in [-0.1, -0.05) is 12.8 Å². The van der Waals surface area contributed by atoms with Gasteiger partial charge in [0.05, 0.1) is 23.0 Å². The van der Waals surface area contributed by atoms with E-state index in [1.165, 1.54) is 31.4 Å². The lowest BCUT2D eigenvalue weighted by atomic mass is 9.73. The molecule has 8 nitrogen and oxygen atoms in total. The van der Waals surface area contributed by atoms with Crippen molar-refractivity contribution in [2.45, 2.75) is 43.0 Å². The highest BCUT2D eigenvalue weighted by Gasteiger charge is 2.42. The number of nitrogens with one attached hydrogen (secondary N) is 2. The summed E-state index contributed by atoms with van der Waals surface area (Å²) in [4.78, 5) is 24.1. The topological polar surface area (TPSA) is 122 Å². The van der Waals surface area contributed by atoms with Gasteiger partial charge < -0.3 is 15.2 Å². The molecule has 9 heteroatoms. The zero-order valence-corrected chi connectivity index (χ0v) is 16.3. The van der Waals surface area contributed by atoms with E-state index in [1.807, 2.05) is 0 Å². The second-order valence-electron chi connectivity index (χ2n) is 6.92. The van der Waals surface area contributed by atoms with Gasteiger partial charge in [-0.2, -0.15) is 0 Å². The highest BCUT2D eigenvalue weighted by atomic mass is 32.2. The van der Waals surface area contributed by atoms with Crippen LogP contribution in [-0.4, -0.2) is 51.2 Å². The molecule has 2 rings (SSSR count). The second kappa shape index (κ2) is 8.81. The Hall–Kier alpha value is -1.97. The number of carboxylic acids is 1. The number of aliphatic carboxylic acids is 1. The van der Waals surface area contributed by atoms with E-state index in [2.05, 4.69) is 10.0 Å². The molecule has 2 unspecified atom stereocenters. The first kappa shape index (κ1) is 21.3.